The molecule has 146 valence electrons. The molecular weight excluding hydrogens is 388 g/mol. The van der Waals surface area contributed by atoms with Gasteiger partial charge in [0.2, 0.25) is 0 Å². The summed E-state index contributed by atoms with van der Waals surface area (Å²) in [6, 6.07) is 13.7. The van der Waals surface area contributed by atoms with Crippen LogP contribution in [0.3, 0.4) is 0 Å². The molecule has 0 spiro atoms. The molecule has 1 aromatic heterocycles. The predicted molar refractivity (Wildman–Crippen MR) is 108 cm³/mol. The molecule has 1 N–H and O–H groups in total. The number of nitriles is 1. The molecule has 2 atom stereocenters. The Kier molecular flexibility index (Phi) is 4.52. The van der Waals surface area contributed by atoms with E-state index in [0.717, 1.165) is 23.6 Å². The number of rotatable bonds is 5. The summed E-state index contributed by atoms with van der Waals surface area (Å²) in [5.74, 6) is -0.943. The number of benzene rings is 2. The number of hydrogen-bond donors (Lipinski definition) is 1. The van der Waals surface area contributed by atoms with Gasteiger partial charge in [0.1, 0.15) is 0 Å². The van der Waals surface area contributed by atoms with Crippen LogP contribution in [0.1, 0.15) is 29.0 Å². The van der Waals surface area contributed by atoms with E-state index >= 15 is 0 Å². The van der Waals surface area contributed by atoms with E-state index in [4.69, 9.17) is 5.11 Å². The highest BCUT2D eigenvalue weighted by atomic mass is 32.2. The molecule has 1 saturated carbocycles. The zero-order chi connectivity index (χ0) is 20.8. The number of carbonyl (C=O) groups is 1. The standard InChI is InChI=1S/C22H18N2O4S/c1-14-2-6-17(7-3-14)29(27,28)24-13-20(18-11-16(18)5-9-22(25)26)19-10-15(12-23)4-8-21(19)24/h2-10,13,16,18H,11H2,1H3,(H,25,26). The average molecular weight is 406 g/mol. The molecule has 2 unspecified atom stereocenters. The van der Waals surface area contributed by atoms with Gasteiger partial charge >= 0.3 is 5.97 Å². The third-order valence-electron chi connectivity index (χ3n) is 5.23. The maximum Gasteiger partial charge on any atom is 0.327 e. The van der Waals surface area contributed by atoms with Gasteiger partial charge in [-0.2, -0.15) is 5.26 Å². The van der Waals surface area contributed by atoms with Crippen LogP contribution in [0.25, 0.3) is 10.9 Å². The molecule has 0 bridgehead atoms. The van der Waals surface area contributed by atoms with Gasteiger partial charge in [-0.05, 0) is 61.1 Å². The second-order valence-electron chi connectivity index (χ2n) is 7.25. The van der Waals surface area contributed by atoms with Gasteiger partial charge in [0.15, 0.2) is 0 Å². The lowest BCUT2D eigenvalue weighted by Crippen LogP contribution is -2.11. The van der Waals surface area contributed by atoms with Crippen molar-refractivity contribution >= 4 is 26.9 Å². The van der Waals surface area contributed by atoms with Crippen LogP contribution in [0.15, 0.2) is 65.7 Å². The number of aryl methyl sites for hydroxylation is 1. The summed E-state index contributed by atoms with van der Waals surface area (Å²) in [5, 5.41) is 18.8. The van der Waals surface area contributed by atoms with E-state index < -0.39 is 16.0 Å². The molecule has 3 aromatic rings. The zero-order valence-corrected chi connectivity index (χ0v) is 16.4. The molecule has 29 heavy (non-hydrogen) atoms. The van der Waals surface area contributed by atoms with Gasteiger partial charge in [-0.15, -0.1) is 0 Å². The van der Waals surface area contributed by atoms with Crippen LogP contribution in [0.2, 0.25) is 0 Å². The minimum Gasteiger partial charge on any atom is -0.478 e. The number of aliphatic carboxylic acids is 1. The van der Waals surface area contributed by atoms with Gasteiger partial charge in [0, 0.05) is 17.7 Å². The van der Waals surface area contributed by atoms with Gasteiger partial charge in [0.05, 0.1) is 22.0 Å². The van der Waals surface area contributed by atoms with E-state index in [-0.39, 0.29) is 16.7 Å². The first-order chi connectivity index (χ1) is 13.8. The highest BCUT2D eigenvalue weighted by molar-refractivity contribution is 7.90. The van der Waals surface area contributed by atoms with Crippen molar-refractivity contribution in [2.75, 3.05) is 0 Å². The minimum absolute atomic E-state index is 0.0245. The van der Waals surface area contributed by atoms with Crippen LogP contribution in [0.4, 0.5) is 0 Å². The number of aromatic nitrogens is 1. The van der Waals surface area contributed by atoms with Crippen molar-refractivity contribution in [3.63, 3.8) is 0 Å². The summed E-state index contributed by atoms with van der Waals surface area (Å²) in [5.41, 5.74) is 2.73. The first kappa shape index (κ1) is 19.0. The number of allylic oxidation sites excluding steroid dienone is 1. The Balaban J connectivity index is 1.85. The first-order valence-electron chi connectivity index (χ1n) is 9.10. The van der Waals surface area contributed by atoms with Crippen molar-refractivity contribution in [2.24, 2.45) is 5.92 Å². The molecule has 0 aliphatic heterocycles. The van der Waals surface area contributed by atoms with Gasteiger partial charge in [-0.3, -0.25) is 0 Å². The zero-order valence-electron chi connectivity index (χ0n) is 15.6. The fourth-order valence-electron chi connectivity index (χ4n) is 3.60. The monoisotopic (exact) mass is 406 g/mol. The lowest BCUT2D eigenvalue weighted by molar-refractivity contribution is -0.131. The molecule has 0 radical (unpaired) electrons. The molecule has 6 nitrogen and oxygen atoms in total. The van der Waals surface area contributed by atoms with Crippen LogP contribution >= 0.6 is 0 Å². The third kappa shape index (κ3) is 3.43. The van der Waals surface area contributed by atoms with Crippen molar-refractivity contribution < 1.29 is 18.3 Å². The fraction of sp³-hybridized carbons (Fsp3) is 0.182. The van der Waals surface area contributed by atoms with E-state index in [0.29, 0.717) is 16.5 Å². The van der Waals surface area contributed by atoms with Crippen molar-refractivity contribution in [3.05, 3.63) is 77.5 Å². The Morgan fingerprint density at radius 2 is 1.97 bits per heavy atom. The lowest BCUT2D eigenvalue weighted by Gasteiger charge is -2.08. The Morgan fingerprint density at radius 3 is 2.62 bits per heavy atom. The number of hydrogen-bond acceptors (Lipinski definition) is 4. The Morgan fingerprint density at radius 1 is 1.24 bits per heavy atom. The quantitative estimate of drug-likeness (QED) is 0.650. The highest BCUT2D eigenvalue weighted by Crippen LogP contribution is 2.51. The molecule has 4 rings (SSSR count). The fourth-order valence-corrected chi connectivity index (χ4v) is 4.98. The van der Waals surface area contributed by atoms with Gasteiger partial charge in [-0.25, -0.2) is 17.2 Å². The first-order valence-corrected chi connectivity index (χ1v) is 10.5. The normalized spacial score (nSPS) is 18.8. The molecule has 7 heteroatoms. The Bertz CT molecular complexity index is 1300. The smallest absolute Gasteiger partial charge is 0.327 e. The van der Waals surface area contributed by atoms with E-state index in [9.17, 15) is 18.5 Å². The highest BCUT2D eigenvalue weighted by Gasteiger charge is 2.39. The maximum absolute atomic E-state index is 13.3. The number of fused-ring (bicyclic) bond motifs is 1. The Labute approximate surface area is 168 Å². The molecular formula is C22H18N2O4S. The van der Waals surface area contributed by atoms with Crippen LogP contribution in [-0.4, -0.2) is 23.5 Å². The van der Waals surface area contributed by atoms with Crippen LogP contribution in [0.5, 0.6) is 0 Å². The molecule has 1 aliphatic carbocycles. The summed E-state index contributed by atoms with van der Waals surface area (Å²) in [7, 11) is -3.81. The molecule has 1 aliphatic rings. The summed E-state index contributed by atoms with van der Waals surface area (Å²) < 4.78 is 27.8. The van der Waals surface area contributed by atoms with Crippen molar-refractivity contribution in [2.45, 2.75) is 24.2 Å². The minimum atomic E-state index is -3.81. The SMILES string of the molecule is Cc1ccc(S(=O)(=O)n2cc(C3CC3C=CC(=O)O)c3cc(C#N)ccc32)cc1. The second kappa shape index (κ2) is 6.90. The van der Waals surface area contributed by atoms with E-state index in [2.05, 4.69) is 6.07 Å². The van der Waals surface area contributed by atoms with Crippen molar-refractivity contribution in [1.29, 1.82) is 5.26 Å². The van der Waals surface area contributed by atoms with E-state index in [1.165, 1.54) is 3.97 Å². The lowest BCUT2D eigenvalue weighted by atomic mass is 10.1. The number of nitrogens with zero attached hydrogens (tertiary/aromatic N) is 2. The summed E-state index contributed by atoms with van der Waals surface area (Å²) in [4.78, 5) is 11.0. The topological polar surface area (TPSA) is 100 Å². The molecule has 2 aromatic carbocycles. The summed E-state index contributed by atoms with van der Waals surface area (Å²) in [6.45, 7) is 1.89. The van der Waals surface area contributed by atoms with Crippen molar-refractivity contribution in [3.8, 4) is 6.07 Å². The summed E-state index contributed by atoms with van der Waals surface area (Å²) >= 11 is 0. The van der Waals surface area contributed by atoms with Crippen LogP contribution in [0, 0.1) is 24.2 Å². The maximum atomic E-state index is 13.3. The number of carboxylic acids is 1. The molecule has 1 heterocycles. The third-order valence-corrected chi connectivity index (χ3v) is 6.92. The molecule has 0 amide bonds. The largest absolute Gasteiger partial charge is 0.478 e. The molecule has 0 saturated heterocycles. The second-order valence-corrected chi connectivity index (χ2v) is 9.06. The van der Waals surface area contributed by atoms with E-state index in [1.54, 1.807) is 54.7 Å². The Hall–Kier alpha value is -3.37. The van der Waals surface area contributed by atoms with Crippen LogP contribution in [-0.2, 0) is 14.8 Å². The van der Waals surface area contributed by atoms with Crippen LogP contribution < -0.4 is 0 Å². The van der Waals surface area contributed by atoms with E-state index in [1.807, 2.05) is 6.92 Å². The number of carboxylic acid groups (broad SMARTS) is 1. The summed E-state index contributed by atoms with van der Waals surface area (Å²) in [6.07, 6.45) is 5.11. The van der Waals surface area contributed by atoms with Gasteiger partial charge in [0.25, 0.3) is 10.0 Å². The van der Waals surface area contributed by atoms with Crippen molar-refractivity contribution in [1.82, 2.24) is 3.97 Å². The average Bonchev–Trinajstić information content (AvgIpc) is 3.37. The van der Waals surface area contributed by atoms with Gasteiger partial charge in [-0.1, -0.05) is 23.8 Å². The molecule has 1 fully saturated rings. The predicted octanol–water partition coefficient (Wildman–Crippen LogP) is 3.80. The van der Waals surface area contributed by atoms with Gasteiger partial charge < -0.3 is 5.11 Å².